The Morgan fingerprint density at radius 2 is 2.29 bits per heavy atom. The zero-order valence-electron chi connectivity index (χ0n) is 12.1. The molecule has 0 aliphatic carbocycles. The van der Waals surface area contributed by atoms with Gasteiger partial charge in [-0.05, 0) is 24.6 Å². The first-order valence-corrected chi connectivity index (χ1v) is 6.47. The van der Waals surface area contributed by atoms with Crippen molar-refractivity contribution in [3.05, 3.63) is 47.3 Å². The maximum atomic E-state index is 13.8. The number of rotatable bonds is 5. The average Bonchev–Trinajstić information content (AvgIpc) is 2.90. The highest BCUT2D eigenvalue weighted by Crippen LogP contribution is 2.13. The van der Waals surface area contributed by atoms with E-state index in [2.05, 4.69) is 20.3 Å². The molecule has 112 valence electrons. The molecule has 1 heterocycles. The molecule has 0 saturated heterocycles. The molecule has 21 heavy (non-hydrogen) atoms. The Morgan fingerprint density at radius 3 is 2.86 bits per heavy atom. The number of nitrogens with one attached hydrogen (secondary N) is 1. The predicted molar refractivity (Wildman–Crippen MR) is 74.0 cm³/mol. The van der Waals surface area contributed by atoms with E-state index in [1.54, 1.807) is 12.4 Å². The van der Waals surface area contributed by atoms with Crippen LogP contribution in [0.2, 0.25) is 0 Å². The molecule has 0 fully saturated rings. The molecule has 6 nitrogen and oxygen atoms in total. The summed E-state index contributed by atoms with van der Waals surface area (Å²) in [7, 11) is 3.08. The van der Waals surface area contributed by atoms with Gasteiger partial charge >= 0.3 is 5.97 Å². The molecule has 1 aromatic heterocycles. The number of halogens is 1. The Hall–Kier alpha value is -2.28. The molecule has 0 saturated carbocycles. The highest BCUT2D eigenvalue weighted by atomic mass is 19.1. The van der Waals surface area contributed by atoms with Crippen LogP contribution in [0.1, 0.15) is 34.7 Å². The summed E-state index contributed by atoms with van der Waals surface area (Å²) < 4.78 is 20.1. The van der Waals surface area contributed by atoms with Crippen molar-refractivity contribution < 1.29 is 13.9 Å². The van der Waals surface area contributed by atoms with Crippen LogP contribution in [0.5, 0.6) is 0 Å². The second kappa shape index (κ2) is 6.45. The molecule has 1 aromatic carbocycles. The molecule has 0 bridgehead atoms. The van der Waals surface area contributed by atoms with Crippen molar-refractivity contribution in [2.24, 2.45) is 7.05 Å². The summed E-state index contributed by atoms with van der Waals surface area (Å²) in [5.74, 6) is -0.478. The number of carbonyl (C=O) groups is 1. The molecule has 7 heteroatoms. The second-order valence-corrected chi connectivity index (χ2v) is 4.71. The molecule has 2 aromatic rings. The standard InChI is InChI=1S/C14H17FN4O2/c1-9(13-18-17-8-19(13)2)16-7-10-4-5-11(12(15)6-10)14(20)21-3/h4-6,8-9,16H,7H2,1-3H3. The topological polar surface area (TPSA) is 69.0 Å². The number of nitrogens with zero attached hydrogens (tertiary/aromatic N) is 3. The summed E-state index contributed by atoms with van der Waals surface area (Å²) >= 11 is 0. The maximum Gasteiger partial charge on any atom is 0.340 e. The van der Waals surface area contributed by atoms with Gasteiger partial charge in [0.1, 0.15) is 18.0 Å². The van der Waals surface area contributed by atoms with Crippen LogP contribution in [-0.4, -0.2) is 27.8 Å². The van der Waals surface area contributed by atoms with Crippen LogP contribution in [0.15, 0.2) is 24.5 Å². The van der Waals surface area contributed by atoms with Crippen LogP contribution < -0.4 is 5.32 Å². The fourth-order valence-electron chi connectivity index (χ4n) is 1.99. The minimum Gasteiger partial charge on any atom is -0.465 e. The van der Waals surface area contributed by atoms with E-state index in [4.69, 9.17) is 0 Å². The monoisotopic (exact) mass is 292 g/mol. The lowest BCUT2D eigenvalue weighted by Crippen LogP contribution is -2.21. The third kappa shape index (κ3) is 3.43. The Morgan fingerprint density at radius 1 is 1.52 bits per heavy atom. The second-order valence-electron chi connectivity index (χ2n) is 4.71. The van der Waals surface area contributed by atoms with Gasteiger partial charge in [-0.1, -0.05) is 6.07 Å². The van der Waals surface area contributed by atoms with E-state index in [0.717, 1.165) is 11.4 Å². The van der Waals surface area contributed by atoms with Crippen LogP contribution >= 0.6 is 0 Å². The number of esters is 1. The van der Waals surface area contributed by atoms with E-state index in [-0.39, 0.29) is 11.6 Å². The number of methoxy groups -OCH3 is 1. The van der Waals surface area contributed by atoms with Gasteiger partial charge in [-0.25, -0.2) is 9.18 Å². The van der Waals surface area contributed by atoms with Gasteiger partial charge in [-0.2, -0.15) is 0 Å². The normalized spacial score (nSPS) is 12.2. The van der Waals surface area contributed by atoms with Crippen LogP contribution in [-0.2, 0) is 18.3 Å². The summed E-state index contributed by atoms with van der Waals surface area (Å²) in [6.45, 7) is 2.40. The Bertz CT molecular complexity index is 642. The third-order valence-corrected chi connectivity index (χ3v) is 3.18. The van der Waals surface area contributed by atoms with Crippen molar-refractivity contribution in [3.63, 3.8) is 0 Å². The summed E-state index contributed by atoms with van der Waals surface area (Å²) in [6, 6.07) is 4.40. The van der Waals surface area contributed by atoms with E-state index in [0.29, 0.717) is 6.54 Å². The number of carbonyl (C=O) groups excluding carboxylic acids is 1. The first-order chi connectivity index (χ1) is 10.0. The molecule has 2 rings (SSSR count). The zero-order chi connectivity index (χ0) is 15.4. The fourth-order valence-corrected chi connectivity index (χ4v) is 1.99. The lowest BCUT2D eigenvalue weighted by atomic mass is 10.1. The molecular weight excluding hydrogens is 275 g/mol. The maximum absolute atomic E-state index is 13.8. The summed E-state index contributed by atoms with van der Waals surface area (Å²) in [4.78, 5) is 11.3. The highest BCUT2D eigenvalue weighted by molar-refractivity contribution is 5.89. The molecule has 0 amide bonds. The summed E-state index contributed by atoms with van der Waals surface area (Å²) in [6.07, 6.45) is 1.62. The van der Waals surface area contributed by atoms with Crippen molar-refractivity contribution in [1.82, 2.24) is 20.1 Å². The van der Waals surface area contributed by atoms with Gasteiger partial charge in [0.15, 0.2) is 0 Å². The van der Waals surface area contributed by atoms with Crippen LogP contribution in [0, 0.1) is 5.82 Å². The number of aryl methyl sites for hydroxylation is 1. The van der Waals surface area contributed by atoms with Crippen molar-refractivity contribution in [1.29, 1.82) is 0 Å². The average molecular weight is 292 g/mol. The van der Waals surface area contributed by atoms with Gasteiger partial charge in [-0.15, -0.1) is 10.2 Å². The van der Waals surface area contributed by atoms with Gasteiger partial charge in [0.05, 0.1) is 18.7 Å². The van der Waals surface area contributed by atoms with Crippen LogP contribution in [0.25, 0.3) is 0 Å². The van der Waals surface area contributed by atoms with E-state index < -0.39 is 11.8 Å². The summed E-state index contributed by atoms with van der Waals surface area (Å²) in [5.41, 5.74) is 0.664. The van der Waals surface area contributed by atoms with Gasteiger partial charge in [0, 0.05) is 13.6 Å². The molecule has 0 aliphatic rings. The third-order valence-electron chi connectivity index (χ3n) is 3.18. The molecule has 1 atom stereocenters. The first kappa shape index (κ1) is 15.1. The Kier molecular flexibility index (Phi) is 4.64. The summed E-state index contributed by atoms with van der Waals surface area (Å²) in [5, 5.41) is 11.0. The largest absolute Gasteiger partial charge is 0.465 e. The van der Waals surface area contributed by atoms with E-state index in [9.17, 15) is 9.18 Å². The Balaban J connectivity index is 2.02. The molecule has 1 unspecified atom stereocenters. The number of hydrogen-bond acceptors (Lipinski definition) is 5. The smallest absolute Gasteiger partial charge is 0.340 e. The van der Waals surface area contributed by atoms with Gasteiger partial charge < -0.3 is 14.6 Å². The van der Waals surface area contributed by atoms with E-state index in [1.807, 2.05) is 18.5 Å². The minimum atomic E-state index is -0.681. The molecular formula is C14H17FN4O2. The molecule has 0 spiro atoms. The Labute approximate surface area is 121 Å². The number of aromatic nitrogens is 3. The number of ether oxygens (including phenoxy) is 1. The van der Waals surface area contributed by atoms with E-state index in [1.165, 1.54) is 19.2 Å². The van der Waals surface area contributed by atoms with Gasteiger partial charge in [-0.3, -0.25) is 0 Å². The van der Waals surface area contributed by atoms with Crippen LogP contribution in [0.3, 0.4) is 0 Å². The SMILES string of the molecule is COC(=O)c1ccc(CNC(C)c2nncn2C)cc1F. The van der Waals surface area contributed by atoms with E-state index >= 15 is 0 Å². The number of benzene rings is 1. The molecule has 0 aliphatic heterocycles. The quantitative estimate of drug-likeness (QED) is 0.848. The van der Waals surface area contributed by atoms with Crippen molar-refractivity contribution in [2.75, 3.05) is 7.11 Å². The van der Waals surface area contributed by atoms with Crippen molar-refractivity contribution in [2.45, 2.75) is 19.5 Å². The zero-order valence-corrected chi connectivity index (χ0v) is 12.1. The first-order valence-electron chi connectivity index (χ1n) is 6.47. The molecule has 1 N–H and O–H groups in total. The highest BCUT2D eigenvalue weighted by Gasteiger charge is 2.14. The predicted octanol–water partition coefficient (Wildman–Crippen LogP) is 1.59. The van der Waals surface area contributed by atoms with Gasteiger partial charge in [0.25, 0.3) is 0 Å². The van der Waals surface area contributed by atoms with Crippen molar-refractivity contribution in [3.8, 4) is 0 Å². The molecule has 0 radical (unpaired) electrons. The number of hydrogen-bond donors (Lipinski definition) is 1. The fraction of sp³-hybridized carbons (Fsp3) is 0.357. The lowest BCUT2D eigenvalue weighted by Gasteiger charge is -2.13. The van der Waals surface area contributed by atoms with Gasteiger partial charge in [0.2, 0.25) is 0 Å². The minimum absolute atomic E-state index is 0.0270. The lowest BCUT2D eigenvalue weighted by molar-refractivity contribution is 0.0595. The van der Waals surface area contributed by atoms with Crippen molar-refractivity contribution >= 4 is 5.97 Å². The van der Waals surface area contributed by atoms with Crippen LogP contribution in [0.4, 0.5) is 4.39 Å².